The number of pyridine rings is 2. The first-order valence-electron chi connectivity index (χ1n) is 11.5. The van der Waals surface area contributed by atoms with Gasteiger partial charge in [0.2, 0.25) is 0 Å². The summed E-state index contributed by atoms with van der Waals surface area (Å²) in [5.74, 6) is -0.382. The number of amides is 2. The van der Waals surface area contributed by atoms with Crippen molar-refractivity contribution in [1.29, 1.82) is 0 Å². The van der Waals surface area contributed by atoms with Gasteiger partial charge < -0.3 is 4.90 Å². The molecule has 7 nitrogen and oxygen atoms in total. The van der Waals surface area contributed by atoms with E-state index in [4.69, 9.17) is 4.98 Å². The van der Waals surface area contributed by atoms with Crippen LogP contribution in [0.5, 0.6) is 0 Å². The van der Waals surface area contributed by atoms with Crippen molar-refractivity contribution in [2.45, 2.75) is 26.8 Å². The molecular weight excluding hydrogens is 446 g/mol. The maximum atomic E-state index is 11.9. The number of imide groups is 1. The van der Waals surface area contributed by atoms with E-state index in [0.29, 0.717) is 16.6 Å². The van der Waals surface area contributed by atoms with Gasteiger partial charge in [-0.25, -0.2) is 4.98 Å². The molecule has 3 aromatic rings. The Kier molecular flexibility index (Phi) is 6.10. The van der Waals surface area contributed by atoms with Gasteiger partial charge in [-0.1, -0.05) is 6.07 Å². The number of benzene rings is 1. The maximum Gasteiger partial charge on any atom is 0.290 e. The minimum Gasteiger partial charge on any atom is -0.369 e. The SMILES string of the molecule is Cc1cc(-c2cncc3ccc(C=C4SC(=O)NC4=O)nc23)ccc1N1CCN(C(C)C)CC1. The Labute approximate surface area is 203 Å². The van der Waals surface area contributed by atoms with Crippen molar-refractivity contribution in [2.75, 3.05) is 31.1 Å². The molecule has 174 valence electrons. The van der Waals surface area contributed by atoms with Gasteiger partial charge in [0.05, 0.1) is 16.1 Å². The monoisotopic (exact) mass is 473 g/mol. The predicted octanol–water partition coefficient (Wildman–Crippen LogP) is 4.46. The van der Waals surface area contributed by atoms with Crippen LogP contribution in [0.15, 0.2) is 47.6 Å². The summed E-state index contributed by atoms with van der Waals surface area (Å²) in [5.41, 5.74) is 5.94. The van der Waals surface area contributed by atoms with Crippen molar-refractivity contribution in [3.63, 3.8) is 0 Å². The lowest BCUT2D eigenvalue weighted by atomic mass is 10.0. The van der Waals surface area contributed by atoms with Crippen LogP contribution in [0.25, 0.3) is 28.1 Å². The average Bonchev–Trinajstić information content (AvgIpc) is 3.15. The number of aryl methyl sites for hydroxylation is 1. The summed E-state index contributed by atoms with van der Waals surface area (Å²) in [6, 6.07) is 10.9. The first kappa shape index (κ1) is 22.6. The number of carbonyl (C=O) groups excluding carboxylic acids is 2. The van der Waals surface area contributed by atoms with Crippen LogP contribution in [-0.4, -0.2) is 58.2 Å². The lowest BCUT2D eigenvalue weighted by Crippen LogP contribution is -2.49. The molecule has 2 aliphatic rings. The zero-order valence-corrected chi connectivity index (χ0v) is 20.4. The molecule has 0 unspecified atom stereocenters. The second-order valence-corrected chi connectivity index (χ2v) is 9.98. The molecule has 4 heterocycles. The van der Waals surface area contributed by atoms with Crippen LogP contribution in [0.3, 0.4) is 0 Å². The molecule has 2 aliphatic heterocycles. The highest BCUT2D eigenvalue weighted by molar-refractivity contribution is 8.18. The average molecular weight is 474 g/mol. The fourth-order valence-electron chi connectivity index (χ4n) is 4.56. The Morgan fingerprint density at radius 2 is 1.85 bits per heavy atom. The smallest absolute Gasteiger partial charge is 0.290 e. The molecule has 2 amide bonds. The number of nitrogens with zero attached hydrogens (tertiary/aromatic N) is 4. The van der Waals surface area contributed by atoms with Gasteiger partial charge in [0.1, 0.15) is 0 Å². The summed E-state index contributed by atoms with van der Waals surface area (Å²) in [6.45, 7) is 10.9. The van der Waals surface area contributed by atoms with Gasteiger partial charge in [0.15, 0.2) is 0 Å². The van der Waals surface area contributed by atoms with E-state index in [1.807, 2.05) is 18.3 Å². The van der Waals surface area contributed by atoms with Gasteiger partial charge in [-0.15, -0.1) is 0 Å². The second-order valence-electron chi connectivity index (χ2n) is 8.97. The van der Waals surface area contributed by atoms with E-state index < -0.39 is 0 Å². The first-order chi connectivity index (χ1) is 16.4. The number of hydrogen-bond acceptors (Lipinski definition) is 7. The predicted molar refractivity (Wildman–Crippen MR) is 138 cm³/mol. The number of rotatable bonds is 4. The minimum absolute atomic E-state index is 0.352. The topological polar surface area (TPSA) is 78.4 Å². The normalized spacial score (nSPS) is 18.4. The van der Waals surface area contributed by atoms with Crippen molar-refractivity contribution in [3.8, 4) is 11.1 Å². The van der Waals surface area contributed by atoms with Gasteiger partial charge in [-0.3, -0.25) is 24.8 Å². The van der Waals surface area contributed by atoms with Crippen molar-refractivity contribution in [3.05, 3.63) is 58.9 Å². The van der Waals surface area contributed by atoms with Gasteiger partial charge in [0, 0.05) is 61.3 Å². The maximum absolute atomic E-state index is 11.9. The van der Waals surface area contributed by atoms with Crippen molar-refractivity contribution >= 4 is 45.6 Å². The van der Waals surface area contributed by atoms with Crippen molar-refractivity contribution in [1.82, 2.24) is 20.2 Å². The third-order valence-corrected chi connectivity index (χ3v) is 7.25. The third kappa shape index (κ3) is 4.43. The van der Waals surface area contributed by atoms with Crippen LogP contribution in [0.4, 0.5) is 10.5 Å². The quantitative estimate of drug-likeness (QED) is 0.561. The summed E-state index contributed by atoms with van der Waals surface area (Å²) in [4.78, 5) is 38.0. The molecule has 0 bridgehead atoms. The molecule has 0 aliphatic carbocycles. The molecule has 0 radical (unpaired) electrons. The summed E-state index contributed by atoms with van der Waals surface area (Å²) >= 11 is 0.895. The van der Waals surface area contributed by atoms with Crippen LogP contribution in [0, 0.1) is 6.92 Å². The van der Waals surface area contributed by atoms with Crippen LogP contribution in [0.1, 0.15) is 25.1 Å². The second kappa shape index (κ2) is 9.19. The van der Waals surface area contributed by atoms with E-state index in [1.54, 1.807) is 12.3 Å². The number of fused-ring (bicyclic) bond motifs is 1. The fourth-order valence-corrected chi connectivity index (χ4v) is 5.23. The lowest BCUT2D eigenvalue weighted by molar-refractivity contribution is -0.115. The number of carbonyl (C=O) groups is 2. The van der Waals surface area contributed by atoms with E-state index >= 15 is 0 Å². The molecule has 8 heteroatoms. The zero-order chi connectivity index (χ0) is 23.8. The summed E-state index contributed by atoms with van der Waals surface area (Å²) in [6.07, 6.45) is 5.28. The number of nitrogens with one attached hydrogen (secondary N) is 1. The van der Waals surface area contributed by atoms with E-state index in [0.717, 1.165) is 60.0 Å². The van der Waals surface area contributed by atoms with Gasteiger partial charge in [0.25, 0.3) is 11.1 Å². The summed E-state index contributed by atoms with van der Waals surface area (Å²) in [7, 11) is 0. The highest BCUT2D eigenvalue weighted by Gasteiger charge is 2.25. The lowest BCUT2D eigenvalue weighted by Gasteiger charge is -2.38. The standard InChI is InChI=1S/C26H27N5O2S/c1-16(2)30-8-10-31(11-9-30)22-7-5-18(12-17(22)3)21-15-27-14-19-4-6-20(28-24(19)21)13-23-25(32)29-26(33)34-23/h4-7,12-16H,8-11H2,1-3H3,(H,29,32,33). The largest absolute Gasteiger partial charge is 0.369 e. The van der Waals surface area contributed by atoms with Gasteiger partial charge in [-0.05, 0) is 74.0 Å². The Morgan fingerprint density at radius 3 is 2.53 bits per heavy atom. The van der Waals surface area contributed by atoms with Crippen molar-refractivity contribution in [2.24, 2.45) is 0 Å². The molecule has 2 aromatic heterocycles. The highest BCUT2D eigenvalue weighted by Crippen LogP contribution is 2.32. The highest BCUT2D eigenvalue weighted by atomic mass is 32.2. The Hall–Kier alpha value is -3.23. The van der Waals surface area contributed by atoms with Crippen LogP contribution >= 0.6 is 11.8 Å². The molecule has 1 aromatic carbocycles. The number of thioether (sulfide) groups is 1. The Morgan fingerprint density at radius 1 is 1.06 bits per heavy atom. The molecule has 34 heavy (non-hydrogen) atoms. The van der Waals surface area contributed by atoms with Gasteiger partial charge in [-0.2, -0.15) is 0 Å². The molecule has 2 saturated heterocycles. The van der Waals surface area contributed by atoms with Crippen LogP contribution in [0.2, 0.25) is 0 Å². The Balaban J connectivity index is 1.46. The van der Waals surface area contributed by atoms with E-state index in [9.17, 15) is 9.59 Å². The number of anilines is 1. The fraction of sp³-hybridized carbons (Fsp3) is 0.308. The van der Waals surface area contributed by atoms with E-state index in [-0.39, 0.29) is 11.1 Å². The molecule has 5 rings (SSSR count). The molecule has 0 saturated carbocycles. The molecular formula is C26H27N5O2S. The number of aromatic nitrogens is 2. The van der Waals surface area contributed by atoms with Crippen LogP contribution in [-0.2, 0) is 4.79 Å². The number of piperazine rings is 1. The molecule has 1 N–H and O–H groups in total. The molecule has 0 spiro atoms. The summed E-state index contributed by atoms with van der Waals surface area (Å²) in [5, 5.41) is 2.84. The summed E-state index contributed by atoms with van der Waals surface area (Å²) < 4.78 is 0. The number of hydrogen-bond donors (Lipinski definition) is 1. The van der Waals surface area contributed by atoms with Crippen LogP contribution < -0.4 is 10.2 Å². The Bertz CT molecular complexity index is 1310. The van der Waals surface area contributed by atoms with E-state index in [1.165, 1.54) is 11.3 Å². The zero-order valence-electron chi connectivity index (χ0n) is 19.5. The van der Waals surface area contributed by atoms with Gasteiger partial charge >= 0.3 is 0 Å². The third-order valence-electron chi connectivity index (χ3n) is 6.43. The minimum atomic E-state index is -0.382. The molecule has 2 fully saturated rings. The van der Waals surface area contributed by atoms with Crippen molar-refractivity contribution < 1.29 is 9.59 Å². The first-order valence-corrected chi connectivity index (χ1v) is 12.3. The molecule has 0 atom stereocenters. The van der Waals surface area contributed by atoms with E-state index in [2.05, 4.69) is 59.1 Å².